The average molecular weight is 339 g/mol. The number of para-hydroxylation sites is 1. The van der Waals surface area contributed by atoms with E-state index in [0.29, 0.717) is 11.4 Å². The Hall–Kier alpha value is -2.82. The van der Waals surface area contributed by atoms with Gasteiger partial charge in [-0.05, 0) is 56.2 Å². The number of rotatable bonds is 6. The van der Waals surface area contributed by atoms with E-state index in [1.807, 2.05) is 30.3 Å². The molecule has 0 aliphatic heterocycles. The summed E-state index contributed by atoms with van der Waals surface area (Å²) >= 11 is 0. The van der Waals surface area contributed by atoms with E-state index in [0.717, 1.165) is 25.0 Å². The Morgan fingerprint density at radius 2 is 1.64 bits per heavy atom. The molecular formula is C20H21NO4. The number of benzene rings is 2. The van der Waals surface area contributed by atoms with Gasteiger partial charge in [0.05, 0.1) is 5.92 Å². The first-order chi connectivity index (χ1) is 12.1. The van der Waals surface area contributed by atoms with Crippen molar-refractivity contribution < 1.29 is 19.1 Å². The fourth-order valence-corrected chi connectivity index (χ4v) is 2.44. The monoisotopic (exact) mass is 339 g/mol. The number of esters is 1. The van der Waals surface area contributed by atoms with Gasteiger partial charge in [-0.3, -0.25) is 9.59 Å². The number of carbonyl (C=O) groups is 2. The van der Waals surface area contributed by atoms with Gasteiger partial charge in [0.1, 0.15) is 11.5 Å². The average Bonchev–Trinajstić information content (AvgIpc) is 2.56. The van der Waals surface area contributed by atoms with E-state index in [2.05, 4.69) is 5.32 Å². The summed E-state index contributed by atoms with van der Waals surface area (Å²) in [5.74, 6) is 0.763. The summed E-state index contributed by atoms with van der Waals surface area (Å²) in [5.41, 5.74) is 0.622. The molecule has 2 aromatic rings. The van der Waals surface area contributed by atoms with Crippen molar-refractivity contribution in [3.05, 3.63) is 54.6 Å². The zero-order chi connectivity index (χ0) is 17.6. The summed E-state index contributed by atoms with van der Waals surface area (Å²) in [5, 5.41) is 2.74. The van der Waals surface area contributed by atoms with Crippen molar-refractivity contribution in [3.63, 3.8) is 0 Å². The zero-order valence-electron chi connectivity index (χ0n) is 14.1. The van der Waals surface area contributed by atoms with Crippen LogP contribution in [0.3, 0.4) is 0 Å². The molecule has 0 unspecified atom stereocenters. The molecule has 0 heterocycles. The van der Waals surface area contributed by atoms with E-state index in [4.69, 9.17) is 9.47 Å². The molecule has 0 saturated heterocycles. The summed E-state index contributed by atoms with van der Waals surface area (Å²) in [6.07, 6.45) is 1.96. The van der Waals surface area contributed by atoms with Gasteiger partial charge >= 0.3 is 5.97 Å². The quantitative estimate of drug-likeness (QED) is 0.803. The van der Waals surface area contributed by atoms with Crippen LogP contribution in [0, 0.1) is 5.92 Å². The van der Waals surface area contributed by atoms with Gasteiger partial charge in [0.25, 0.3) is 5.91 Å². The number of carbonyl (C=O) groups excluding carboxylic acids is 2. The second-order valence-corrected chi connectivity index (χ2v) is 6.14. The lowest BCUT2D eigenvalue weighted by molar-refractivity contribution is -0.159. The normalized spacial score (nSPS) is 14.9. The van der Waals surface area contributed by atoms with E-state index in [1.54, 1.807) is 31.2 Å². The highest BCUT2D eigenvalue weighted by Crippen LogP contribution is 2.28. The Balaban J connectivity index is 1.51. The third-order valence-corrected chi connectivity index (χ3v) is 4.20. The maximum absolute atomic E-state index is 12.1. The van der Waals surface area contributed by atoms with Gasteiger partial charge in [-0.2, -0.15) is 0 Å². The Labute approximate surface area is 147 Å². The predicted octanol–water partition coefficient (Wildman–Crippen LogP) is 4.15. The zero-order valence-corrected chi connectivity index (χ0v) is 14.1. The molecule has 3 rings (SSSR count). The lowest BCUT2D eigenvalue weighted by Crippen LogP contribution is -2.34. The van der Waals surface area contributed by atoms with Crippen molar-refractivity contribution in [2.45, 2.75) is 32.3 Å². The molecular weight excluding hydrogens is 318 g/mol. The van der Waals surface area contributed by atoms with E-state index >= 15 is 0 Å². The second-order valence-electron chi connectivity index (χ2n) is 6.14. The van der Waals surface area contributed by atoms with E-state index in [1.165, 1.54) is 0 Å². The molecule has 5 heteroatoms. The largest absolute Gasteiger partial charge is 0.457 e. The van der Waals surface area contributed by atoms with Crippen molar-refractivity contribution >= 4 is 17.6 Å². The minimum atomic E-state index is -0.812. The summed E-state index contributed by atoms with van der Waals surface area (Å²) in [4.78, 5) is 23.9. The molecule has 1 saturated carbocycles. The number of amides is 1. The van der Waals surface area contributed by atoms with Crippen LogP contribution < -0.4 is 10.1 Å². The van der Waals surface area contributed by atoms with Crippen molar-refractivity contribution in [1.29, 1.82) is 0 Å². The van der Waals surface area contributed by atoms with Gasteiger partial charge in [-0.15, -0.1) is 0 Å². The van der Waals surface area contributed by atoms with Gasteiger partial charge in [-0.1, -0.05) is 24.6 Å². The lowest BCUT2D eigenvalue weighted by atomic mass is 9.86. The summed E-state index contributed by atoms with van der Waals surface area (Å²) in [6.45, 7) is 1.58. The minimum absolute atomic E-state index is 0.0373. The van der Waals surface area contributed by atoms with Crippen LogP contribution in [-0.2, 0) is 14.3 Å². The van der Waals surface area contributed by atoms with Crippen molar-refractivity contribution in [2.75, 3.05) is 5.32 Å². The first kappa shape index (κ1) is 17.0. The SMILES string of the molecule is C[C@H](OC(=O)C1CCC1)C(=O)Nc1ccc(Oc2ccccc2)cc1. The molecule has 5 nitrogen and oxygen atoms in total. The smallest absolute Gasteiger partial charge is 0.309 e. The first-order valence-electron chi connectivity index (χ1n) is 8.46. The van der Waals surface area contributed by atoms with Crippen LogP contribution in [0.4, 0.5) is 5.69 Å². The summed E-state index contributed by atoms with van der Waals surface area (Å²) in [6, 6.07) is 16.5. The molecule has 130 valence electrons. The highest BCUT2D eigenvalue weighted by molar-refractivity contribution is 5.95. The van der Waals surface area contributed by atoms with Crippen molar-refractivity contribution in [2.24, 2.45) is 5.92 Å². The fourth-order valence-electron chi connectivity index (χ4n) is 2.44. The predicted molar refractivity (Wildman–Crippen MR) is 94.5 cm³/mol. The van der Waals surface area contributed by atoms with Gasteiger partial charge < -0.3 is 14.8 Å². The van der Waals surface area contributed by atoms with Crippen LogP contribution in [0.2, 0.25) is 0 Å². The minimum Gasteiger partial charge on any atom is -0.457 e. The molecule has 0 radical (unpaired) electrons. The number of hydrogen-bond acceptors (Lipinski definition) is 4. The molecule has 1 aliphatic rings. The number of hydrogen-bond donors (Lipinski definition) is 1. The Morgan fingerprint density at radius 1 is 1.00 bits per heavy atom. The summed E-state index contributed by atoms with van der Waals surface area (Å²) in [7, 11) is 0. The van der Waals surface area contributed by atoms with Crippen LogP contribution in [0.15, 0.2) is 54.6 Å². The Morgan fingerprint density at radius 3 is 2.24 bits per heavy atom. The van der Waals surface area contributed by atoms with Crippen LogP contribution in [0.5, 0.6) is 11.5 Å². The van der Waals surface area contributed by atoms with Crippen molar-refractivity contribution in [3.8, 4) is 11.5 Å². The molecule has 2 aromatic carbocycles. The standard InChI is InChI=1S/C20H21NO4/c1-14(24-20(23)15-6-5-7-15)19(22)21-16-10-12-18(13-11-16)25-17-8-3-2-4-9-17/h2-4,8-15H,5-7H2,1H3,(H,21,22)/t14-/m0/s1. The lowest BCUT2D eigenvalue weighted by Gasteiger charge is -2.24. The molecule has 1 amide bonds. The maximum atomic E-state index is 12.1. The number of nitrogens with one attached hydrogen (secondary N) is 1. The van der Waals surface area contributed by atoms with E-state index in [9.17, 15) is 9.59 Å². The highest BCUT2D eigenvalue weighted by Gasteiger charge is 2.29. The molecule has 1 N–H and O–H groups in total. The third kappa shape index (κ3) is 4.59. The number of anilines is 1. The summed E-state index contributed by atoms with van der Waals surface area (Å²) < 4.78 is 10.9. The van der Waals surface area contributed by atoms with Gasteiger partial charge in [0, 0.05) is 5.69 Å². The molecule has 1 atom stereocenters. The molecule has 1 aliphatic carbocycles. The highest BCUT2D eigenvalue weighted by atomic mass is 16.5. The van der Waals surface area contributed by atoms with Crippen LogP contribution in [-0.4, -0.2) is 18.0 Å². The molecule has 0 spiro atoms. The van der Waals surface area contributed by atoms with Crippen LogP contribution in [0.25, 0.3) is 0 Å². The Bertz CT molecular complexity index is 723. The molecule has 0 bridgehead atoms. The maximum Gasteiger partial charge on any atom is 0.309 e. The van der Waals surface area contributed by atoms with E-state index < -0.39 is 6.10 Å². The topological polar surface area (TPSA) is 64.6 Å². The third-order valence-electron chi connectivity index (χ3n) is 4.20. The molecule has 1 fully saturated rings. The van der Waals surface area contributed by atoms with E-state index in [-0.39, 0.29) is 17.8 Å². The van der Waals surface area contributed by atoms with Crippen LogP contribution in [0.1, 0.15) is 26.2 Å². The Kier molecular flexibility index (Phi) is 5.33. The second kappa shape index (κ2) is 7.83. The van der Waals surface area contributed by atoms with Crippen molar-refractivity contribution in [1.82, 2.24) is 0 Å². The number of ether oxygens (including phenoxy) is 2. The van der Waals surface area contributed by atoms with Gasteiger partial charge in [-0.25, -0.2) is 0 Å². The fraction of sp³-hybridized carbons (Fsp3) is 0.300. The van der Waals surface area contributed by atoms with Gasteiger partial charge in [0.2, 0.25) is 0 Å². The van der Waals surface area contributed by atoms with Gasteiger partial charge in [0.15, 0.2) is 6.10 Å². The van der Waals surface area contributed by atoms with Crippen LogP contribution >= 0.6 is 0 Å². The first-order valence-corrected chi connectivity index (χ1v) is 8.46. The molecule has 25 heavy (non-hydrogen) atoms. The molecule has 0 aromatic heterocycles.